The molecule has 0 heterocycles. The highest BCUT2D eigenvalue weighted by Gasteiger charge is 2.62. The van der Waals surface area contributed by atoms with Crippen LogP contribution in [-0.2, 0) is 16.2 Å². The Kier molecular flexibility index (Phi) is 6.08. The van der Waals surface area contributed by atoms with Crippen molar-refractivity contribution in [1.82, 2.24) is 0 Å². The van der Waals surface area contributed by atoms with Gasteiger partial charge in [-0.25, -0.2) is 0 Å². The molecule has 280 valence electrons. The maximum atomic E-state index is 2.71. The second-order valence-corrected chi connectivity index (χ2v) is 20.5. The molecule has 1 heteroatoms. The second kappa shape index (κ2) is 10.8. The van der Waals surface area contributed by atoms with E-state index >= 15 is 0 Å². The quantitative estimate of drug-likeness (QED) is 0.175. The standard InChI is InChI=1S/C56H51N/c1-54(2)46-13-6-3-11-42(46)45-30-39(21-23-47(45)54)57(40-20-22-43-41-10-4-7-14-48(41)55(51(43)31-40)32-33-18-19-36(55)25-33)52-17-9-16-50-53(52)44-12-5-8-15-49(44)56(50)37-26-34-24-35(28-37)29-38(56)27-34/h3-17,20-23,30-31,33-38H,18-19,24-29,32H2,1-2H3. The van der Waals surface area contributed by atoms with E-state index in [-0.39, 0.29) is 16.2 Å². The van der Waals surface area contributed by atoms with Crippen LogP contribution < -0.4 is 4.90 Å². The van der Waals surface area contributed by atoms with Crippen molar-refractivity contribution in [3.8, 4) is 33.4 Å². The van der Waals surface area contributed by atoms with Gasteiger partial charge in [-0.15, -0.1) is 0 Å². The number of fused-ring (bicyclic) bond motifs is 14. The predicted molar refractivity (Wildman–Crippen MR) is 234 cm³/mol. The zero-order valence-corrected chi connectivity index (χ0v) is 33.4. The summed E-state index contributed by atoms with van der Waals surface area (Å²) in [7, 11) is 0. The van der Waals surface area contributed by atoms with Crippen LogP contribution in [0.3, 0.4) is 0 Å². The molecule has 2 spiro atoms. The third-order valence-electron chi connectivity index (χ3n) is 17.9. The van der Waals surface area contributed by atoms with Gasteiger partial charge in [0, 0.05) is 33.2 Å². The summed E-state index contributed by atoms with van der Waals surface area (Å²) in [6.45, 7) is 4.82. The van der Waals surface area contributed by atoms with Crippen molar-refractivity contribution >= 4 is 17.1 Å². The van der Waals surface area contributed by atoms with Crippen LogP contribution >= 0.6 is 0 Å². The fourth-order valence-electron chi connectivity index (χ4n) is 16.2. The van der Waals surface area contributed by atoms with E-state index in [0.29, 0.717) is 0 Å². The molecule has 3 unspecified atom stereocenters. The Labute approximate surface area is 338 Å². The van der Waals surface area contributed by atoms with Crippen molar-refractivity contribution in [2.24, 2.45) is 35.5 Å². The number of nitrogens with zero attached hydrogens (tertiary/aromatic N) is 1. The van der Waals surface area contributed by atoms with E-state index in [9.17, 15) is 0 Å². The van der Waals surface area contributed by atoms with Crippen molar-refractivity contribution in [3.05, 3.63) is 161 Å². The van der Waals surface area contributed by atoms with Crippen LogP contribution in [0.15, 0.2) is 127 Å². The zero-order chi connectivity index (χ0) is 37.4. The fourth-order valence-corrected chi connectivity index (χ4v) is 16.2. The summed E-state index contributed by atoms with van der Waals surface area (Å²) in [5, 5.41) is 0. The van der Waals surface area contributed by atoms with Crippen LogP contribution in [0.25, 0.3) is 33.4 Å². The van der Waals surface area contributed by atoms with Gasteiger partial charge in [0.1, 0.15) is 0 Å². The van der Waals surface area contributed by atoms with Gasteiger partial charge in [0.2, 0.25) is 0 Å². The number of hydrogen-bond donors (Lipinski definition) is 0. The molecular formula is C56H51N. The molecular weight excluding hydrogens is 687 g/mol. The number of rotatable bonds is 3. The number of benzene rings is 6. The minimum atomic E-state index is -0.0262. The second-order valence-electron chi connectivity index (χ2n) is 20.5. The van der Waals surface area contributed by atoms with Crippen LogP contribution in [-0.4, -0.2) is 0 Å². The summed E-state index contributed by atoms with van der Waals surface area (Å²) in [6, 6.07) is 51.0. The average Bonchev–Trinajstić information content (AvgIpc) is 4.03. The van der Waals surface area contributed by atoms with Crippen LogP contribution in [0.5, 0.6) is 0 Å². The molecule has 3 atom stereocenters. The summed E-state index contributed by atoms with van der Waals surface area (Å²) in [5.74, 6) is 4.93. The first-order valence-corrected chi connectivity index (χ1v) is 22.5. The lowest BCUT2D eigenvalue weighted by molar-refractivity contribution is -0.0399. The monoisotopic (exact) mass is 737 g/mol. The first-order chi connectivity index (χ1) is 27.9. The van der Waals surface area contributed by atoms with E-state index in [1.54, 1.807) is 22.3 Å². The molecule has 6 aromatic carbocycles. The van der Waals surface area contributed by atoms with Gasteiger partial charge in [0.15, 0.2) is 0 Å². The molecule has 6 aromatic rings. The molecule has 9 aliphatic carbocycles. The molecule has 0 amide bonds. The Bertz CT molecular complexity index is 2700. The molecule has 1 nitrogen and oxygen atoms in total. The maximum absolute atomic E-state index is 2.71. The van der Waals surface area contributed by atoms with Crippen molar-refractivity contribution in [2.45, 2.75) is 87.9 Å². The minimum Gasteiger partial charge on any atom is -0.310 e. The smallest absolute Gasteiger partial charge is 0.0543 e. The molecule has 9 aliphatic rings. The van der Waals surface area contributed by atoms with Crippen LogP contribution in [0.2, 0.25) is 0 Å². The Morgan fingerprint density at radius 2 is 1.04 bits per heavy atom. The molecule has 0 radical (unpaired) electrons. The molecule has 0 N–H and O–H groups in total. The highest BCUT2D eigenvalue weighted by atomic mass is 15.1. The van der Waals surface area contributed by atoms with E-state index < -0.39 is 0 Å². The summed E-state index contributed by atoms with van der Waals surface area (Å²) in [4.78, 5) is 2.71. The fraction of sp³-hybridized carbons (Fsp3) is 0.357. The minimum absolute atomic E-state index is 0.0262. The lowest BCUT2D eigenvalue weighted by Gasteiger charge is -2.61. The van der Waals surface area contributed by atoms with E-state index in [4.69, 9.17) is 0 Å². The molecule has 15 rings (SSSR count). The molecule has 6 saturated carbocycles. The van der Waals surface area contributed by atoms with Gasteiger partial charge in [-0.2, -0.15) is 0 Å². The van der Waals surface area contributed by atoms with Gasteiger partial charge in [0.25, 0.3) is 0 Å². The van der Waals surface area contributed by atoms with E-state index in [1.165, 1.54) is 119 Å². The van der Waals surface area contributed by atoms with Crippen LogP contribution in [0, 0.1) is 35.5 Å². The van der Waals surface area contributed by atoms with E-state index in [2.05, 4.69) is 146 Å². The summed E-state index contributed by atoms with van der Waals surface area (Å²) in [5.41, 5.74) is 22.2. The average molecular weight is 738 g/mol. The van der Waals surface area contributed by atoms with Crippen LogP contribution in [0.4, 0.5) is 17.1 Å². The SMILES string of the molecule is CC1(C)c2ccccc2-c2cc(N(c3ccc4c(c3)C3(CC5CCC3C5)c3ccccc3-4)c3cccc4c3-c3ccccc3C43C4CC5CC(C4)CC3C5)ccc21. The molecule has 0 aromatic heterocycles. The Morgan fingerprint density at radius 3 is 1.77 bits per heavy atom. The topological polar surface area (TPSA) is 3.24 Å². The summed E-state index contributed by atoms with van der Waals surface area (Å²) in [6.07, 6.45) is 12.6. The summed E-state index contributed by atoms with van der Waals surface area (Å²) < 4.78 is 0. The first-order valence-electron chi connectivity index (χ1n) is 22.5. The highest BCUT2D eigenvalue weighted by Crippen LogP contribution is 2.71. The van der Waals surface area contributed by atoms with Gasteiger partial charge in [0.05, 0.1) is 5.69 Å². The molecule has 57 heavy (non-hydrogen) atoms. The van der Waals surface area contributed by atoms with Gasteiger partial charge >= 0.3 is 0 Å². The molecule has 0 saturated heterocycles. The number of anilines is 3. The van der Waals surface area contributed by atoms with Gasteiger partial charge in [-0.3, -0.25) is 0 Å². The van der Waals surface area contributed by atoms with E-state index in [1.807, 2.05) is 0 Å². The maximum Gasteiger partial charge on any atom is 0.0543 e. The van der Waals surface area contributed by atoms with Crippen molar-refractivity contribution in [2.75, 3.05) is 4.90 Å². The highest BCUT2D eigenvalue weighted by molar-refractivity contribution is 5.97. The van der Waals surface area contributed by atoms with Crippen molar-refractivity contribution in [1.29, 1.82) is 0 Å². The summed E-state index contributed by atoms with van der Waals surface area (Å²) >= 11 is 0. The molecule has 6 fully saturated rings. The lowest BCUT2D eigenvalue weighted by atomic mass is 9.43. The van der Waals surface area contributed by atoms with Crippen molar-refractivity contribution in [3.63, 3.8) is 0 Å². The van der Waals surface area contributed by atoms with Gasteiger partial charge in [-0.1, -0.05) is 117 Å². The Balaban J connectivity index is 1.03. The predicted octanol–water partition coefficient (Wildman–Crippen LogP) is 14.3. The third kappa shape index (κ3) is 3.80. The number of hydrogen-bond acceptors (Lipinski definition) is 1. The molecule has 6 bridgehead atoms. The first kappa shape index (κ1) is 32.1. The van der Waals surface area contributed by atoms with Crippen LogP contribution in [0.1, 0.15) is 105 Å². The van der Waals surface area contributed by atoms with E-state index in [0.717, 1.165) is 35.5 Å². The lowest BCUT2D eigenvalue weighted by Crippen LogP contribution is -2.55. The Hall–Kier alpha value is -4.88. The zero-order valence-electron chi connectivity index (χ0n) is 33.4. The third-order valence-corrected chi connectivity index (χ3v) is 17.9. The molecule has 0 aliphatic heterocycles. The Morgan fingerprint density at radius 1 is 0.439 bits per heavy atom. The largest absolute Gasteiger partial charge is 0.310 e. The van der Waals surface area contributed by atoms with Gasteiger partial charge in [-0.05, 0) is 178 Å². The van der Waals surface area contributed by atoms with Crippen molar-refractivity contribution < 1.29 is 0 Å². The van der Waals surface area contributed by atoms with Gasteiger partial charge < -0.3 is 4.90 Å². The normalized spacial score (nSPS) is 31.7.